The fraction of sp³-hybridized carbons (Fsp3) is 0.0588. The number of rotatable bonds is 4. The van der Waals surface area contributed by atoms with Gasteiger partial charge in [-0.1, -0.05) is 53.5 Å². The van der Waals surface area contributed by atoms with Gasteiger partial charge in [0.05, 0.1) is 22.7 Å². The van der Waals surface area contributed by atoms with Crippen molar-refractivity contribution in [1.82, 2.24) is 10.4 Å². The average Bonchev–Trinajstić information content (AvgIpc) is 2.95. The number of carbonyl (C=O) groups is 1. The van der Waals surface area contributed by atoms with E-state index in [9.17, 15) is 4.79 Å². The standard InChI is InChI=1S/C17H13Cl2N3O/c18-14-6-3-4-11(17(14)19)10-21-22-16(23)8-12-9-20-15-7-2-1-5-13(12)15/h1-7,9-10,20H,8H2,(H,22,23)/b21-10+. The van der Waals surface area contributed by atoms with E-state index in [1.54, 1.807) is 18.2 Å². The van der Waals surface area contributed by atoms with Gasteiger partial charge in [0.2, 0.25) is 5.91 Å². The van der Waals surface area contributed by atoms with Crippen LogP contribution in [0.1, 0.15) is 11.1 Å². The van der Waals surface area contributed by atoms with Gasteiger partial charge < -0.3 is 4.98 Å². The van der Waals surface area contributed by atoms with Gasteiger partial charge in [-0.15, -0.1) is 0 Å². The summed E-state index contributed by atoms with van der Waals surface area (Å²) in [5.41, 5.74) is 5.07. The predicted octanol–water partition coefficient (Wildman–Crippen LogP) is 4.17. The average molecular weight is 346 g/mol. The molecule has 0 fully saturated rings. The van der Waals surface area contributed by atoms with Crippen LogP contribution in [0.4, 0.5) is 0 Å². The molecule has 0 radical (unpaired) electrons. The number of hydrazone groups is 1. The van der Waals surface area contributed by atoms with Gasteiger partial charge in [0.25, 0.3) is 0 Å². The van der Waals surface area contributed by atoms with Gasteiger partial charge >= 0.3 is 0 Å². The molecule has 2 N–H and O–H groups in total. The lowest BCUT2D eigenvalue weighted by Gasteiger charge is -2.01. The van der Waals surface area contributed by atoms with E-state index in [1.807, 2.05) is 30.5 Å². The molecule has 0 aliphatic rings. The second-order valence-corrected chi connectivity index (χ2v) is 5.76. The SMILES string of the molecule is O=C(Cc1c[nH]c2ccccc12)N/N=C/c1cccc(Cl)c1Cl. The van der Waals surface area contributed by atoms with E-state index < -0.39 is 0 Å². The smallest absolute Gasteiger partial charge is 0.244 e. The van der Waals surface area contributed by atoms with Crippen LogP contribution in [0.15, 0.2) is 53.8 Å². The van der Waals surface area contributed by atoms with Crippen molar-refractivity contribution in [3.63, 3.8) is 0 Å². The van der Waals surface area contributed by atoms with Gasteiger partial charge in [0.15, 0.2) is 0 Å². The highest BCUT2D eigenvalue weighted by Crippen LogP contribution is 2.24. The molecule has 116 valence electrons. The first-order valence-electron chi connectivity index (χ1n) is 6.96. The molecule has 0 aliphatic carbocycles. The van der Waals surface area contributed by atoms with Crippen molar-refractivity contribution in [2.24, 2.45) is 5.10 Å². The molecule has 23 heavy (non-hydrogen) atoms. The summed E-state index contributed by atoms with van der Waals surface area (Å²) >= 11 is 12.0. The van der Waals surface area contributed by atoms with Crippen LogP contribution >= 0.6 is 23.2 Å². The molecular formula is C17H13Cl2N3O. The molecule has 0 bridgehead atoms. The highest BCUT2D eigenvalue weighted by Gasteiger charge is 2.08. The van der Waals surface area contributed by atoms with Crippen LogP contribution in [-0.4, -0.2) is 17.1 Å². The minimum Gasteiger partial charge on any atom is -0.361 e. The van der Waals surface area contributed by atoms with Crippen LogP contribution in [0, 0.1) is 0 Å². The zero-order chi connectivity index (χ0) is 16.2. The lowest BCUT2D eigenvalue weighted by Crippen LogP contribution is -2.19. The maximum Gasteiger partial charge on any atom is 0.244 e. The Bertz CT molecular complexity index is 886. The number of hydrogen-bond donors (Lipinski definition) is 2. The maximum absolute atomic E-state index is 12.0. The van der Waals surface area contributed by atoms with Crippen LogP contribution < -0.4 is 5.43 Å². The Labute approximate surface area is 143 Å². The molecule has 0 spiro atoms. The van der Waals surface area contributed by atoms with Crippen LogP contribution in [0.25, 0.3) is 10.9 Å². The third kappa shape index (κ3) is 3.55. The van der Waals surface area contributed by atoms with E-state index in [0.29, 0.717) is 15.6 Å². The first-order valence-corrected chi connectivity index (χ1v) is 7.71. The summed E-state index contributed by atoms with van der Waals surface area (Å²) in [5.74, 6) is -0.204. The number of nitrogens with zero attached hydrogens (tertiary/aromatic N) is 1. The molecule has 1 aromatic heterocycles. The van der Waals surface area contributed by atoms with Crippen molar-refractivity contribution < 1.29 is 4.79 Å². The second-order valence-electron chi connectivity index (χ2n) is 4.97. The quantitative estimate of drug-likeness (QED) is 0.541. The van der Waals surface area contributed by atoms with Crippen LogP contribution in [0.3, 0.4) is 0 Å². The monoisotopic (exact) mass is 345 g/mol. The second kappa shape index (κ2) is 6.86. The Hall–Kier alpha value is -2.30. The summed E-state index contributed by atoms with van der Waals surface area (Å²) in [6.07, 6.45) is 3.55. The fourth-order valence-electron chi connectivity index (χ4n) is 2.28. The number of para-hydroxylation sites is 1. The van der Waals surface area contributed by atoms with Crippen molar-refractivity contribution in [3.05, 3.63) is 69.8 Å². The zero-order valence-electron chi connectivity index (χ0n) is 12.0. The lowest BCUT2D eigenvalue weighted by molar-refractivity contribution is -0.120. The normalized spacial score (nSPS) is 11.2. The summed E-state index contributed by atoms with van der Waals surface area (Å²) in [7, 11) is 0. The molecule has 6 heteroatoms. The highest BCUT2D eigenvalue weighted by molar-refractivity contribution is 6.43. The zero-order valence-corrected chi connectivity index (χ0v) is 13.5. The van der Waals surface area contributed by atoms with Crippen molar-refractivity contribution >= 4 is 46.2 Å². The van der Waals surface area contributed by atoms with Gasteiger partial charge in [0, 0.05) is 22.7 Å². The van der Waals surface area contributed by atoms with Crippen molar-refractivity contribution in [3.8, 4) is 0 Å². The Morgan fingerprint density at radius 3 is 2.87 bits per heavy atom. The predicted molar refractivity (Wildman–Crippen MR) is 94.2 cm³/mol. The van der Waals surface area contributed by atoms with E-state index >= 15 is 0 Å². The number of nitrogens with one attached hydrogen (secondary N) is 2. The summed E-state index contributed by atoms with van der Waals surface area (Å²) in [6, 6.07) is 13.1. The van der Waals surface area contributed by atoms with E-state index in [4.69, 9.17) is 23.2 Å². The number of fused-ring (bicyclic) bond motifs is 1. The van der Waals surface area contributed by atoms with E-state index in [2.05, 4.69) is 15.5 Å². The maximum atomic E-state index is 12.0. The molecule has 0 aliphatic heterocycles. The minimum absolute atomic E-state index is 0.204. The molecule has 0 unspecified atom stereocenters. The Morgan fingerprint density at radius 1 is 1.17 bits per heavy atom. The Balaban J connectivity index is 1.66. The minimum atomic E-state index is -0.204. The molecule has 2 aromatic carbocycles. The largest absolute Gasteiger partial charge is 0.361 e. The van der Waals surface area contributed by atoms with Gasteiger partial charge in [-0.2, -0.15) is 5.10 Å². The van der Waals surface area contributed by atoms with Gasteiger partial charge in [-0.05, 0) is 17.7 Å². The number of H-pyrrole nitrogens is 1. The van der Waals surface area contributed by atoms with Gasteiger partial charge in [-0.25, -0.2) is 5.43 Å². The first kappa shape index (κ1) is 15.6. The fourth-order valence-corrected chi connectivity index (χ4v) is 2.64. The third-order valence-electron chi connectivity index (χ3n) is 3.40. The summed E-state index contributed by atoms with van der Waals surface area (Å²) in [5, 5.41) is 5.81. The van der Waals surface area contributed by atoms with Crippen molar-refractivity contribution in [2.75, 3.05) is 0 Å². The van der Waals surface area contributed by atoms with Crippen LogP contribution in [-0.2, 0) is 11.2 Å². The topological polar surface area (TPSA) is 57.2 Å². The number of halogens is 2. The number of carbonyl (C=O) groups excluding carboxylic acids is 1. The number of hydrogen-bond acceptors (Lipinski definition) is 2. The molecule has 3 rings (SSSR count). The van der Waals surface area contributed by atoms with E-state index in [0.717, 1.165) is 16.5 Å². The molecule has 1 amide bonds. The summed E-state index contributed by atoms with van der Waals surface area (Å²) in [4.78, 5) is 15.1. The number of aromatic nitrogens is 1. The molecule has 3 aromatic rings. The molecule has 0 atom stereocenters. The molecule has 0 saturated carbocycles. The van der Waals surface area contributed by atoms with Crippen molar-refractivity contribution in [2.45, 2.75) is 6.42 Å². The number of benzene rings is 2. The van der Waals surface area contributed by atoms with Crippen molar-refractivity contribution in [1.29, 1.82) is 0 Å². The lowest BCUT2D eigenvalue weighted by atomic mass is 10.1. The summed E-state index contributed by atoms with van der Waals surface area (Å²) in [6.45, 7) is 0. The third-order valence-corrected chi connectivity index (χ3v) is 4.23. The molecule has 1 heterocycles. The van der Waals surface area contributed by atoms with Gasteiger partial charge in [0.1, 0.15) is 0 Å². The molecule has 0 saturated heterocycles. The highest BCUT2D eigenvalue weighted by atomic mass is 35.5. The van der Waals surface area contributed by atoms with E-state index in [-0.39, 0.29) is 12.3 Å². The number of aromatic amines is 1. The van der Waals surface area contributed by atoms with E-state index in [1.165, 1.54) is 6.21 Å². The Morgan fingerprint density at radius 2 is 2.00 bits per heavy atom. The molecule has 4 nitrogen and oxygen atoms in total. The van der Waals surface area contributed by atoms with Gasteiger partial charge in [-0.3, -0.25) is 4.79 Å². The van der Waals surface area contributed by atoms with Crippen LogP contribution in [0.2, 0.25) is 10.0 Å². The molecular weight excluding hydrogens is 333 g/mol. The van der Waals surface area contributed by atoms with Crippen LogP contribution in [0.5, 0.6) is 0 Å². The Kier molecular flexibility index (Phi) is 4.65. The first-order chi connectivity index (χ1) is 11.1. The number of amides is 1. The summed E-state index contributed by atoms with van der Waals surface area (Å²) < 4.78 is 0.